The van der Waals surface area contributed by atoms with Crippen LogP contribution >= 0.6 is 11.8 Å². The number of hydrogen-bond acceptors (Lipinski definition) is 7. The molecular formula is C9H11N5O3S. The summed E-state index contributed by atoms with van der Waals surface area (Å²) >= 11 is 1.11. The predicted molar refractivity (Wildman–Crippen MR) is 61.3 cm³/mol. The second kappa shape index (κ2) is 5.17. The second-order valence-electron chi connectivity index (χ2n) is 3.53. The standard InChI is InChI=1S/C9H11N5O3S/c1-5-11-12-9(18-4-8(15)16)14(5)3-7-10-6(2)17-13-7/h3-4H2,1-2H3,(H,15,16). The molecular weight excluding hydrogens is 258 g/mol. The largest absolute Gasteiger partial charge is 0.481 e. The van der Waals surface area contributed by atoms with Crippen LogP contribution in [0.15, 0.2) is 9.68 Å². The number of aromatic nitrogens is 5. The van der Waals surface area contributed by atoms with E-state index in [4.69, 9.17) is 9.63 Å². The van der Waals surface area contributed by atoms with Gasteiger partial charge in [0.15, 0.2) is 11.0 Å². The van der Waals surface area contributed by atoms with Crippen molar-refractivity contribution in [3.05, 3.63) is 17.5 Å². The van der Waals surface area contributed by atoms with Crippen LogP contribution in [0.1, 0.15) is 17.5 Å². The van der Waals surface area contributed by atoms with Crippen LogP contribution in [0.25, 0.3) is 0 Å². The zero-order valence-corrected chi connectivity index (χ0v) is 10.6. The molecule has 2 aromatic heterocycles. The Kier molecular flexibility index (Phi) is 3.60. The highest BCUT2D eigenvalue weighted by molar-refractivity contribution is 7.99. The zero-order chi connectivity index (χ0) is 13.1. The molecule has 8 nitrogen and oxygen atoms in total. The molecule has 0 unspecified atom stereocenters. The minimum absolute atomic E-state index is 0.0661. The molecule has 0 saturated carbocycles. The number of nitrogens with zero attached hydrogens (tertiary/aromatic N) is 5. The summed E-state index contributed by atoms with van der Waals surface area (Å²) < 4.78 is 6.62. The molecule has 0 fully saturated rings. The number of aliphatic carboxylic acids is 1. The molecule has 0 aliphatic carbocycles. The van der Waals surface area contributed by atoms with Crippen LogP contribution in [0.3, 0.4) is 0 Å². The highest BCUT2D eigenvalue weighted by Crippen LogP contribution is 2.17. The third kappa shape index (κ3) is 2.86. The molecule has 0 amide bonds. The number of carboxylic acids is 1. The van der Waals surface area contributed by atoms with Crippen molar-refractivity contribution in [2.75, 3.05) is 5.75 Å². The summed E-state index contributed by atoms with van der Waals surface area (Å²) in [7, 11) is 0. The summed E-state index contributed by atoms with van der Waals surface area (Å²) in [5, 5.41) is 20.8. The van der Waals surface area contributed by atoms with Gasteiger partial charge in [-0.05, 0) is 6.92 Å². The SMILES string of the molecule is Cc1nc(Cn2c(C)nnc2SCC(=O)O)no1. The van der Waals surface area contributed by atoms with E-state index in [9.17, 15) is 4.79 Å². The Morgan fingerprint density at radius 1 is 1.44 bits per heavy atom. The van der Waals surface area contributed by atoms with Gasteiger partial charge in [-0.3, -0.25) is 9.36 Å². The van der Waals surface area contributed by atoms with Crippen molar-refractivity contribution in [2.45, 2.75) is 25.5 Å². The normalized spacial score (nSPS) is 10.8. The van der Waals surface area contributed by atoms with Crippen molar-refractivity contribution in [3.8, 4) is 0 Å². The predicted octanol–water partition coefficient (Wildman–Crippen LogP) is 0.503. The van der Waals surface area contributed by atoms with E-state index in [2.05, 4.69) is 20.3 Å². The Labute approximate surface area is 106 Å². The first kappa shape index (κ1) is 12.6. The van der Waals surface area contributed by atoms with Crippen molar-refractivity contribution >= 4 is 17.7 Å². The van der Waals surface area contributed by atoms with Gasteiger partial charge in [0.2, 0.25) is 5.89 Å². The fraction of sp³-hybridized carbons (Fsp3) is 0.444. The van der Waals surface area contributed by atoms with Crippen LogP contribution in [-0.4, -0.2) is 41.7 Å². The van der Waals surface area contributed by atoms with Crippen LogP contribution in [0, 0.1) is 13.8 Å². The zero-order valence-electron chi connectivity index (χ0n) is 9.82. The Balaban J connectivity index is 2.16. The average Bonchev–Trinajstić information content (AvgIpc) is 2.85. The fourth-order valence-electron chi connectivity index (χ4n) is 1.32. The molecule has 1 N–H and O–H groups in total. The van der Waals surface area contributed by atoms with E-state index in [0.29, 0.717) is 29.2 Å². The van der Waals surface area contributed by atoms with Gasteiger partial charge in [0.05, 0.1) is 12.3 Å². The van der Waals surface area contributed by atoms with Gasteiger partial charge in [0.25, 0.3) is 0 Å². The van der Waals surface area contributed by atoms with Gasteiger partial charge in [-0.15, -0.1) is 10.2 Å². The quantitative estimate of drug-likeness (QED) is 0.782. The van der Waals surface area contributed by atoms with E-state index < -0.39 is 5.97 Å². The molecule has 18 heavy (non-hydrogen) atoms. The second-order valence-corrected chi connectivity index (χ2v) is 4.47. The molecule has 9 heteroatoms. The van der Waals surface area contributed by atoms with Crippen molar-refractivity contribution in [3.63, 3.8) is 0 Å². The molecule has 0 radical (unpaired) electrons. The van der Waals surface area contributed by atoms with E-state index in [-0.39, 0.29) is 5.75 Å². The molecule has 96 valence electrons. The molecule has 2 rings (SSSR count). The highest BCUT2D eigenvalue weighted by atomic mass is 32.2. The van der Waals surface area contributed by atoms with Gasteiger partial charge < -0.3 is 9.63 Å². The van der Waals surface area contributed by atoms with Gasteiger partial charge >= 0.3 is 5.97 Å². The fourth-order valence-corrected chi connectivity index (χ4v) is 2.03. The van der Waals surface area contributed by atoms with Gasteiger partial charge in [-0.2, -0.15) is 4.98 Å². The molecule has 0 bridgehead atoms. The van der Waals surface area contributed by atoms with Crippen molar-refractivity contribution in [2.24, 2.45) is 0 Å². The van der Waals surface area contributed by atoms with Crippen molar-refractivity contribution < 1.29 is 14.4 Å². The topological polar surface area (TPSA) is 107 Å². The molecule has 0 aromatic carbocycles. The first-order valence-electron chi connectivity index (χ1n) is 5.10. The van der Waals surface area contributed by atoms with Crippen molar-refractivity contribution in [1.82, 2.24) is 24.9 Å². The van der Waals surface area contributed by atoms with Crippen LogP contribution in [0.4, 0.5) is 0 Å². The number of aryl methyl sites for hydroxylation is 2. The minimum atomic E-state index is -0.900. The lowest BCUT2D eigenvalue weighted by Gasteiger charge is -2.03. The Morgan fingerprint density at radius 3 is 2.83 bits per heavy atom. The monoisotopic (exact) mass is 269 g/mol. The molecule has 0 spiro atoms. The third-order valence-corrected chi connectivity index (χ3v) is 3.05. The maximum absolute atomic E-state index is 10.5. The van der Waals surface area contributed by atoms with Gasteiger partial charge in [0.1, 0.15) is 5.82 Å². The van der Waals surface area contributed by atoms with Gasteiger partial charge in [-0.25, -0.2) is 0 Å². The summed E-state index contributed by atoms with van der Waals surface area (Å²) in [4.78, 5) is 14.6. The maximum Gasteiger partial charge on any atom is 0.313 e. The van der Waals surface area contributed by atoms with E-state index in [1.807, 2.05) is 0 Å². The molecule has 2 heterocycles. The average molecular weight is 269 g/mol. The number of thioether (sulfide) groups is 1. The maximum atomic E-state index is 10.5. The Hall–Kier alpha value is -1.90. The smallest absolute Gasteiger partial charge is 0.313 e. The first-order chi connectivity index (χ1) is 8.56. The molecule has 2 aromatic rings. The number of rotatable bonds is 5. The summed E-state index contributed by atoms with van der Waals surface area (Å²) in [6.07, 6.45) is 0. The van der Waals surface area contributed by atoms with Gasteiger partial charge in [0, 0.05) is 6.92 Å². The summed E-state index contributed by atoms with van der Waals surface area (Å²) in [5.41, 5.74) is 0. The molecule has 0 aliphatic heterocycles. The lowest BCUT2D eigenvalue weighted by Crippen LogP contribution is -2.07. The van der Waals surface area contributed by atoms with E-state index >= 15 is 0 Å². The van der Waals surface area contributed by atoms with E-state index in [1.54, 1.807) is 18.4 Å². The molecule has 0 atom stereocenters. The van der Waals surface area contributed by atoms with Crippen molar-refractivity contribution in [1.29, 1.82) is 0 Å². The lowest BCUT2D eigenvalue weighted by molar-refractivity contribution is -0.133. The minimum Gasteiger partial charge on any atom is -0.481 e. The first-order valence-corrected chi connectivity index (χ1v) is 6.08. The van der Waals surface area contributed by atoms with Crippen LogP contribution < -0.4 is 0 Å². The summed E-state index contributed by atoms with van der Waals surface area (Å²) in [6, 6.07) is 0. The van der Waals surface area contributed by atoms with E-state index in [1.165, 1.54) is 0 Å². The Morgan fingerprint density at radius 2 is 2.22 bits per heavy atom. The molecule has 0 saturated heterocycles. The number of carbonyl (C=O) groups is 1. The third-order valence-electron chi connectivity index (χ3n) is 2.10. The lowest BCUT2D eigenvalue weighted by atomic mass is 10.5. The summed E-state index contributed by atoms with van der Waals surface area (Å²) in [5.74, 6) is 0.694. The van der Waals surface area contributed by atoms with Gasteiger partial charge in [-0.1, -0.05) is 16.9 Å². The van der Waals surface area contributed by atoms with Crippen LogP contribution in [-0.2, 0) is 11.3 Å². The highest BCUT2D eigenvalue weighted by Gasteiger charge is 2.13. The number of carboxylic acid groups (broad SMARTS) is 1. The summed E-state index contributed by atoms with van der Waals surface area (Å²) in [6.45, 7) is 3.85. The van der Waals surface area contributed by atoms with Crippen LogP contribution in [0.5, 0.6) is 0 Å². The number of hydrogen-bond donors (Lipinski definition) is 1. The molecule has 0 aliphatic rings. The van der Waals surface area contributed by atoms with E-state index in [0.717, 1.165) is 11.8 Å². The Bertz CT molecular complexity index is 564. The van der Waals surface area contributed by atoms with Crippen LogP contribution in [0.2, 0.25) is 0 Å².